The standard InChI is InChI=1S/C9H11ClFNO/c10-7-2-3-8(11)9(6-7)13-5-1-4-12/h2-3,6H,1,4-5,12H2. The first-order chi connectivity index (χ1) is 6.24. The largest absolute Gasteiger partial charge is 0.490 e. The zero-order valence-electron chi connectivity index (χ0n) is 7.09. The highest BCUT2D eigenvalue weighted by atomic mass is 35.5. The van der Waals surface area contributed by atoms with Crippen molar-refractivity contribution in [2.75, 3.05) is 13.2 Å². The highest BCUT2D eigenvalue weighted by Crippen LogP contribution is 2.21. The molecule has 1 rings (SSSR count). The van der Waals surface area contributed by atoms with Gasteiger partial charge in [0.2, 0.25) is 0 Å². The molecule has 0 saturated heterocycles. The van der Waals surface area contributed by atoms with E-state index in [0.29, 0.717) is 24.6 Å². The predicted octanol–water partition coefficient (Wildman–Crippen LogP) is 2.21. The first kappa shape index (κ1) is 10.3. The van der Waals surface area contributed by atoms with E-state index in [2.05, 4.69) is 0 Å². The Morgan fingerprint density at radius 2 is 2.23 bits per heavy atom. The fourth-order valence-electron chi connectivity index (χ4n) is 0.853. The molecule has 0 heterocycles. The van der Waals surface area contributed by atoms with Gasteiger partial charge in [-0.2, -0.15) is 0 Å². The lowest BCUT2D eigenvalue weighted by Crippen LogP contribution is -2.06. The van der Waals surface area contributed by atoms with Gasteiger partial charge < -0.3 is 10.5 Å². The molecule has 0 saturated carbocycles. The summed E-state index contributed by atoms with van der Waals surface area (Å²) in [6, 6.07) is 4.21. The van der Waals surface area contributed by atoms with Crippen LogP contribution in [0.25, 0.3) is 0 Å². The van der Waals surface area contributed by atoms with E-state index in [-0.39, 0.29) is 5.75 Å². The van der Waals surface area contributed by atoms with Gasteiger partial charge in [0.1, 0.15) is 0 Å². The first-order valence-corrected chi connectivity index (χ1v) is 4.40. The Hall–Kier alpha value is -0.800. The van der Waals surface area contributed by atoms with Crippen molar-refractivity contribution in [2.24, 2.45) is 5.73 Å². The van der Waals surface area contributed by atoms with Crippen molar-refractivity contribution in [3.63, 3.8) is 0 Å². The van der Waals surface area contributed by atoms with E-state index in [1.54, 1.807) is 0 Å². The monoisotopic (exact) mass is 203 g/mol. The molecular weight excluding hydrogens is 193 g/mol. The van der Waals surface area contributed by atoms with E-state index in [1.165, 1.54) is 18.2 Å². The lowest BCUT2D eigenvalue weighted by Gasteiger charge is -2.06. The summed E-state index contributed by atoms with van der Waals surface area (Å²) in [5, 5.41) is 0.462. The molecule has 1 aromatic carbocycles. The molecule has 0 radical (unpaired) electrons. The summed E-state index contributed by atoms with van der Waals surface area (Å²) in [4.78, 5) is 0. The molecule has 0 bridgehead atoms. The summed E-state index contributed by atoms with van der Waals surface area (Å²) in [6.45, 7) is 0.940. The Morgan fingerprint density at radius 3 is 2.92 bits per heavy atom. The zero-order valence-corrected chi connectivity index (χ0v) is 7.85. The maximum Gasteiger partial charge on any atom is 0.165 e. The Morgan fingerprint density at radius 1 is 1.46 bits per heavy atom. The molecule has 72 valence electrons. The van der Waals surface area contributed by atoms with Crippen LogP contribution in [0, 0.1) is 5.82 Å². The second kappa shape index (κ2) is 5.04. The molecule has 0 aliphatic rings. The number of halogens is 2. The van der Waals surface area contributed by atoms with Crippen LogP contribution < -0.4 is 10.5 Å². The topological polar surface area (TPSA) is 35.2 Å². The third-order valence-corrected chi connectivity index (χ3v) is 1.73. The minimum Gasteiger partial charge on any atom is -0.490 e. The van der Waals surface area contributed by atoms with Crippen molar-refractivity contribution in [2.45, 2.75) is 6.42 Å². The fraction of sp³-hybridized carbons (Fsp3) is 0.333. The normalized spacial score (nSPS) is 10.1. The maximum atomic E-state index is 13.0. The second-order valence-corrected chi connectivity index (χ2v) is 3.00. The van der Waals surface area contributed by atoms with Gasteiger partial charge in [-0.05, 0) is 25.1 Å². The molecule has 4 heteroatoms. The van der Waals surface area contributed by atoms with E-state index < -0.39 is 5.82 Å². The van der Waals surface area contributed by atoms with Crippen molar-refractivity contribution >= 4 is 11.6 Å². The van der Waals surface area contributed by atoms with Crippen molar-refractivity contribution in [3.8, 4) is 5.75 Å². The molecule has 0 aliphatic heterocycles. The van der Waals surface area contributed by atoms with Crippen LogP contribution in [-0.2, 0) is 0 Å². The molecule has 1 aromatic rings. The summed E-state index contributed by atoms with van der Waals surface area (Å²) in [5.74, 6) is -0.220. The number of rotatable bonds is 4. The van der Waals surface area contributed by atoms with Gasteiger partial charge in [-0.15, -0.1) is 0 Å². The maximum absolute atomic E-state index is 13.0. The van der Waals surface area contributed by atoms with Gasteiger partial charge in [0.15, 0.2) is 11.6 Å². The quantitative estimate of drug-likeness (QED) is 0.762. The van der Waals surface area contributed by atoms with Gasteiger partial charge in [0, 0.05) is 11.1 Å². The molecule has 0 unspecified atom stereocenters. The smallest absolute Gasteiger partial charge is 0.165 e. The number of ether oxygens (including phenoxy) is 1. The van der Waals surface area contributed by atoms with E-state index in [9.17, 15) is 4.39 Å². The van der Waals surface area contributed by atoms with E-state index >= 15 is 0 Å². The molecule has 2 nitrogen and oxygen atoms in total. The molecule has 0 amide bonds. The summed E-state index contributed by atoms with van der Waals surface area (Å²) < 4.78 is 18.1. The van der Waals surface area contributed by atoms with Crippen molar-refractivity contribution < 1.29 is 9.13 Å². The van der Waals surface area contributed by atoms with Crippen LogP contribution in [0.15, 0.2) is 18.2 Å². The molecule has 0 spiro atoms. The molecular formula is C9H11ClFNO. The van der Waals surface area contributed by atoms with E-state index in [1.807, 2.05) is 0 Å². The van der Waals surface area contributed by atoms with Gasteiger partial charge in [-0.3, -0.25) is 0 Å². The molecule has 0 aromatic heterocycles. The first-order valence-electron chi connectivity index (χ1n) is 4.02. The minimum atomic E-state index is -0.401. The Balaban J connectivity index is 2.59. The van der Waals surface area contributed by atoms with Gasteiger partial charge in [0.25, 0.3) is 0 Å². The molecule has 0 fully saturated rings. The van der Waals surface area contributed by atoms with Crippen molar-refractivity contribution in [3.05, 3.63) is 29.0 Å². The summed E-state index contributed by atoms with van der Waals surface area (Å²) in [7, 11) is 0. The summed E-state index contributed by atoms with van der Waals surface area (Å²) in [6.07, 6.45) is 0.700. The lowest BCUT2D eigenvalue weighted by atomic mass is 10.3. The van der Waals surface area contributed by atoms with E-state index in [0.717, 1.165) is 0 Å². The van der Waals surface area contributed by atoms with Gasteiger partial charge in [0.05, 0.1) is 6.61 Å². The highest BCUT2D eigenvalue weighted by Gasteiger charge is 2.02. The van der Waals surface area contributed by atoms with Crippen molar-refractivity contribution in [1.29, 1.82) is 0 Å². The number of hydrogen-bond acceptors (Lipinski definition) is 2. The van der Waals surface area contributed by atoms with Gasteiger partial charge in [-0.1, -0.05) is 11.6 Å². The average molecular weight is 204 g/mol. The molecule has 0 atom stereocenters. The third kappa shape index (κ3) is 3.20. The number of benzene rings is 1. The average Bonchev–Trinajstić information content (AvgIpc) is 2.11. The van der Waals surface area contributed by atoms with Crippen LogP contribution in [0.4, 0.5) is 4.39 Å². The Kier molecular flexibility index (Phi) is 3.99. The molecule has 0 aliphatic carbocycles. The minimum absolute atomic E-state index is 0.181. The second-order valence-electron chi connectivity index (χ2n) is 2.57. The number of nitrogens with two attached hydrogens (primary N) is 1. The van der Waals surface area contributed by atoms with Gasteiger partial charge >= 0.3 is 0 Å². The van der Waals surface area contributed by atoms with Crippen LogP contribution in [0.5, 0.6) is 5.75 Å². The lowest BCUT2D eigenvalue weighted by molar-refractivity contribution is 0.298. The fourth-order valence-corrected chi connectivity index (χ4v) is 1.02. The zero-order chi connectivity index (χ0) is 9.68. The predicted molar refractivity (Wildman–Crippen MR) is 50.6 cm³/mol. The SMILES string of the molecule is NCCCOc1cc(Cl)ccc1F. The summed E-state index contributed by atoms with van der Waals surface area (Å²) >= 11 is 5.66. The van der Waals surface area contributed by atoms with E-state index in [4.69, 9.17) is 22.1 Å². The summed E-state index contributed by atoms with van der Waals surface area (Å²) in [5.41, 5.74) is 5.26. The molecule has 2 N–H and O–H groups in total. The van der Waals surface area contributed by atoms with Crippen LogP contribution in [-0.4, -0.2) is 13.2 Å². The van der Waals surface area contributed by atoms with Crippen LogP contribution in [0.2, 0.25) is 5.02 Å². The number of hydrogen-bond donors (Lipinski definition) is 1. The van der Waals surface area contributed by atoms with Gasteiger partial charge in [-0.25, -0.2) is 4.39 Å². The van der Waals surface area contributed by atoms with Crippen LogP contribution >= 0.6 is 11.6 Å². The van der Waals surface area contributed by atoms with Crippen LogP contribution in [0.3, 0.4) is 0 Å². The Labute approximate surface area is 81.4 Å². The molecule has 13 heavy (non-hydrogen) atoms. The van der Waals surface area contributed by atoms with Crippen LogP contribution in [0.1, 0.15) is 6.42 Å². The van der Waals surface area contributed by atoms with Crippen molar-refractivity contribution in [1.82, 2.24) is 0 Å². The highest BCUT2D eigenvalue weighted by molar-refractivity contribution is 6.30. The third-order valence-electron chi connectivity index (χ3n) is 1.50. The Bertz CT molecular complexity index is 280.